The maximum Gasteiger partial charge on any atom is 0.253 e. The van der Waals surface area contributed by atoms with Crippen LogP contribution in [0.1, 0.15) is 32.0 Å². The van der Waals surface area contributed by atoms with E-state index in [2.05, 4.69) is 36.2 Å². The van der Waals surface area contributed by atoms with Gasteiger partial charge in [0.15, 0.2) is 11.6 Å². The van der Waals surface area contributed by atoms with Crippen LogP contribution < -0.4 is 5.32 Å². The summed E-state index contributed by atoms with van der Waals surface area (Å²) in [6.07, 6.45) is 2.46. The fourth-order valence-electron chi connectivity index (χ4n) is 3.65. The van der Waals surface area contributed by atoms with Gasteiger partial charge in [0.25, 0.3) is 5.91 Å². The normalized spacial score (nSPS) is 12.9. The van der Waals surface area contributed by atoms with Gasteiger partial charge in [-0.15, -0.1) is 0 Å². The van der Waals surface area contributed by atoms with Gasteiger partial charge in [-0.25, -0.2) is 9.97 Å². The molecule has 152 valence electrons. The number of H-pyrrole nitrogens is 1. The number of carbonyl (C=O) groups is 2. The number of hydrogen-bond acceptors (Lipinski definition) is 4. The summed E-state index contributed by atoms with van der Waals surface area (Å²) in [5, 5.41) is 2.85. The van der Waals surface area contributed by atoms with Crippen LogP contribution in [0, 0.1) is 0 Å². The zero-order valence-corrected chi connectivity index (χ0v) is 17.9. The summed E-state index contributed by atoms with van der Waals surface area (Å²) < 4.78 is 0.766. The number of hydrogen-bond donors (Lipinski definition) is 2. The Balaban J connectivity index is 1.43. The Hall–Kier alpha value is -3.58. The van der Waals surface area contributed by atoms with Gasteiger partial charge >= 0.3 is 0 Å². The van der Waals surface area contributed by atoms with Crippen LogP contribution in [0.15, 0.2) is 71.3 Å². The van der Waals surface area contributed by atoms with Crippen molar-refractivity contribution >= 4 is 27.6 Å². The number of carbonyl (C=O) groups excluding carboxylic acids is 2. The smallest absolute Gasteiger partial charge is 0.253 e. The Bertz CT molecular complexity index is 1310. The van der Waals surface area contributed by atoms with E-state index < -0.39 is 0 Å². The van der Waals surface area contributed by atoms with Crippen molar-refractivity contribution in [2.75, 3.05) is 6.54 Å². The first kappa shape index (κ1) is 19.4. The van der Waals surface area contributed by atoms with Crippen LogP contribution in [0.5, 0.6) is 0 Å². The summed E-state index contributed by atoms with van der Waals surface area (Å²) in [5.74, 6) is 0.432. The summed E-state index contributed by atoms with van der Waals surface area (Å²) in [5.41, 5.74) is 5.10. The molecule has 31 heavy (non-hydrogen) atoms. The quantitative estimate of drug-likeness (QED) is 0.430. The van der Waals surface area contributed by atoms with Crippen molar-refractivity contribution in [1.29, 1.82) is 0 Å². The van der Waals surface area contributed by atoms with Crippen molar-refractivity contribution in [2.24, 2.45) is 0 Å². The van der Waals surface area contributed by atoms with Crippen molar-refractivity contribution in [3.05, 3.63) is 93.7 Å². The molecule has 0 saturated heterocycles. The Morgan fingerprint density at radius 3 is 2.61 bits per heavy atom. The molecule has 0 bridgehead atoms. The molecule has 7 heteroatoms. The molecule has 0 saturated carbocycles. The number of nitrogens with one attached hydrogen (secondary N) is 2. The van der Waals surface area contributed by atoms with E-state index in [0.717, 1.165) is 27.8 Å². The summed E-state index contributed by atoms with van der Waals surface area (Å²) in [7, 11) is 0. The lowest BCUT2D eigenvalue weighted by Crippen LogP contribution is -2.31. The van der Waals surface area contributed by atoms with Crippen molar-refractivity contribution in [2.45, 2.75) is 6.42 Å². The Morgan fingerprint density at radius 1 is 1.03 bits per heavy atom. The molecule has 0 radical (unpaired) electrons. The topological polar surface area (TPSA) is 87.7 Å². The summed E-state index contributed by atoms with van der Waals surface area (Å²) >= 11 is 3.43. The molecule has 2 N–H and O–H groups in total. The van der Waals surface area contributed by atoms with Crippen LogP contribution in [0.3, 0.4) is 0 Å². The van der Waals surface area contributed by atoms with Gasteiger partial charge < -0.3 is 10.3 Å². The number of aromatic nitrogens is 3. The predicted molar refractivity (Wildman–Crippen MR) is 121 cm³/mol. The molecule has 0 fully saturated rings. The maximum atomic E-state index is 12.8. The van der Waals surface area contributed by atoms with Crippen molar-refractivity contribution in [1.82, 2.24) is 20.3 Å². The van der Waals surface area contributed by atoms with Crippen LogP contribution in [0.2, 0.25) is 0 Å². The maximum absolute atomic E-state index is 12.8. The second kappa shape index (κ2) is 7.92. The van der Waals surface area contributed by atoms with Gasteiger partial charge in [0, 0.05) is 46.0 Å². The molecule has 1 amide bonds. The van der Waals surface area contributed by atoms with Gasteiger partial charge in [-0.2, -0.15) is 0 Å². The van der Waals surface area contributed by atoms with Crippen molar-refractivity contribution in [3.63, 3.8) is 0 Å². The van der Waals surface area contributed by atoms with Crippen LogP contribution in [0.4, 0.5) is 0 Å². The largest absolute Gasteiger partial charge is 0.356 e. The fourth-order valence-corrected chi connectivity index (χ4v) is 4.12. The minimum absolute atomic E-state index is 0.0519. The number of halogens is 1. The van der Waals surface area contributed by atoms with Crippen molar-refractivity contribution < 1.29 is 9.59 Å². The van der Waals surface area contributed by atoms with Gasteiger partial charge in [-0.1, -0.05) is 52.3 Å². The molecule has 6 nitrogen and oxygen atoms in total. The lowest BCUT2D eigenvalue weighted by atomic mass is 10.0. The summed E-state index contributed by atoms with van der Waals surface area (Å²) in [6, 6.07) is 18.3. The van der Waals surface area contributed by atoms with Crippen LogP contribution in [-0.4, -0.2) is 33.2 Å². The fraction of sp³-hybridized carbons (Fsp3) is 0.0833. The Labute approximate surface area is 186 Å². The van der Waals surface area contributed by atoms with E-state index in [9.17, 15) is 9.59 Å². The molecular formula is C24H17BrN4O2. The first-order chi connectivity index (χ1) is 15.1. The van der Waals surface area contributed by atoms with E-state index in [-0.39, 0.29) is 11.7 Å². The second-order valence-electron chi connectivity index (χ2n) is 7.23. The minimum atomic E-state index is -0.0664. The molecule has 1 aliphatic rings. The Kier molecular flexibility index (Phi) is 4.95. The van der Waals surface area contributed by atoms with Crippen LogP contribution in [-0.2, 0) is 6.42 Å². The highest BCUT2D eigenvalue weighted by Crippen LogP contribution is 2.25. The van der Waals surface area contributed by atoms with E-state index in [1.807, 2.05) is 42.5 Å². The van der Waals surface area contributed by atoms with E-state index in [0.29, 0.717) is 34.8 Å². The van der Waals surface area contributed by atoms with E-state index >= 15 is 0 Å². The molecule has 1 aliphatic heterocycles. The number of benzene rings is 2. The first-order valence-electron chi connectivity index (χ1n) is 9.83. The summed E-state index contributed by atoms with van der Waals surface area (Å²) in [6.45, 7) is 0.630. The van der Waals surface area contributed by atoms with Crippen LogP contribution >= 0.6 is 15.9 Å². The molecule has 2 aromatic carbocycles. The average molecular weight is 473 g/mol. The molecule has 3 heterocycles. The number of rotatable bonds is 4. The first-order valence-corrected chi connectivity index (χ1v) is 10.6. The van der Waals surface area contributed by atoms with Crippen LogP contribution in [0.25, 0.3) is 22.8 Å². The van der Waals surface area contributed by atoms with E-state index in [1.54, 1.807) is 24.4 Å². The predicted octanol–water partition coefficient (Wildman–Crippen LogP) is 4.42. The van der Waals surface area contributed by atoms with Gasteiger partial charge in [0.1, 0.15) is 0 Å². The zero-order chi connectivity index (χ0) is 21.4. The van der Waals surface area contributed by atoms with Gasteiger partial charge in [0.05, 0.1) is 17.0 Å². The molecule has 5 rings (SSSR count). The third-order valence-electron chi connectivity index (χ3n) is 5.26. The molecule has 2 aromatic heterocycles. The van der Waals surface area contributed by atoms with Gasteiger partial charge in [-0.05, 0) is 24.3 Å². The zero-order valence-electron chi connectivity index (χ0n) is 16.4. The number of fused-ring (bicyclic) bond motifs is 1. The highest BCUT2D eigenvalue weighted by molar-refractivity contribution is 9.10. The lowest BCUT2D eigenvalue weighted by Gasteiger charge is -2.10. The minimum Gasteiger partial charge on any atom is -0.356 e. The highest BCUT2D eigenvalue weighted by atomic mass is 79.9. The third kappa shape index (κ3) is 3.68. The Morgan fingerprint density at radius 2 is 1.84 bits per heavy atom. The number of aromatic amines is 1. The highest BCUT2D eigenvalue weighted by Gasteiger charge is 2.20. The molecule has 0 atom stereocenters. The monoisotopic (exact) mass is 472 g/mol. The second-order valence-corrected chi connectivity index (χ2v) is 8.09. The SMILES string of the molecule is O=C(c1ccc(-c2nccc(-c3cc4c([nH]3)CCNC4=O)n2)cc1)c1ccccc1Br. The number of nitrogens with zero attached hydrogens (tertiary/aromatic N) is 2. The molecule has 0 spiro atoms. The number of amides is 1. The van der Waals surface area contributed by atoms with Crippen molar-refractivity contribution in [3.8, 4) is 22.8 Å². The van der Waals surface area contributed by atoms with Gasteiger partial charge in [0.2, 0.25) is 0 Å². The lowest BCUT2D eigenvalue weighted by molar-refractivity contribution is 0.0945. The molecular weight excluding hydrogens is 456 g/mol. The van der Waals surface area contributed by atoms with Gasteiger partial charge in [-0.3, -0.25) is 9.59 Å². The van der Waals surface area contributed by atoms with E-state index in [4.69, 9.17) is 0 Å². The standard InChI is InChI=1S/C24H17BrN4O2/c25-18-4-2-1-3-16(18)22(30)14-5-7-15(8-6-14)23-26-11-10-20(29-23)21-13-17-19(28-21)9-12-27-24(17)31/h1-8,10-11,13,28H,9,12H2,(H,27,31). The molecule has 4 aromatic rings. The molecule has 0 unspecified atom stereocenters. The average Bonchev–Trinajstić information content (AvgIpc) is 3.25. The number of ketones is 1. The third-order valence-corrected chi connectivity index (χ3v) is 5.95. The van der Waals surface area contributed by atoms with E-state index in [1.165, 1.54) is 0 Å². The molecule has 0 aliphatic carbocycles. The summed E-state index contributed by atoms with van der Waals surface area (Å²) in [4.78, 5) is 37.2.